The van der Waals surface area contributed by atoms with Crippen LogP contribution >= 0.6 is 11.6 Å². The molecule has 1 aromatic rings. The first-order chi connectivity index (χ1) is 8.95. The van der Waals surface area contributed by atoms with Gasteiger partial charge in [0.2, 0.25) is 0 Å². The summed E-state index contributed by atoms with van der Waals surface area (Å²) < 4.78 is 0. The van der Waals surface area contributed by atoms with E-state index in [2.05, 4.69) is 10.3 Å². The van der Waals surface area contributed by atoms with Gasteiger partial charge in [-0.1, -0.05) is 18.5 Å². The zero-order valence-electron chi connectivity index (χ0n) is 11.5. The number of pyridine rings is 1. The van der Waals surface area contributed by atoms with Crippen molar-refractivity contribution >= 4 is 23.3 Å². The van der Waals surface area contributed by atoms with E-state index in [1.807, 2.05) is 6.92 Å². The van der Waals surface area contributed by atoms with Crippen LogP contribution in [0.2, 0.25) is 5.02 Å². The van der Waals surface area contributed by atoms with E-state index in [0.717, 1.165) is 13.0 Å². The number of halogens is 1. The van der Waals surface area contributed by atoms with Gasteiger partial charge in [0.1, 0.15) is 5.82 Å². The number of carbonyl (C=O) groups excluding carboxylic acids is 1. The largest absolute Gasteiger partial charge is 0.392 e. The molecule has 0 saturated carbocycles. The molecule has 0 spiro atoms. The molecule has 0 aromatic carbocycles. The van der Waals surface area contributed by atoms with E-state index in [4.69, 9.17) is 11.6 Å². The van der Waals surface area contributed by atoms with E-state index in [1.54, 1.807) is 20.0 Å². The van der Waals surface area contributed by atoms with Crippen LogP contribution in [0.3, 0.4) is 0 Å². The maximum absolute atomic E-state index is 12.2. The summed E-state index contributed by atoms with van der Waals surface area (Å²) in [5.41, 5.74) is 0.387. The van der Waals surface area contributed by atoms with Crippen LogP contribution in [-0.2, 0) is 0 Å². The average Bonchev–Trinajstić information content (AvgIpc) is 2.36. The molecule has 0 aliphatic rings. The summed E-state index contributed by atoms with van der Waals surface area (Å²) >= 11 is 6.01. The van der Waals surface area contributed by atoms with E-state index in [0.29, 0.717) is 16.4 Å². The molecule has 0 fully saturated rings. The lowest BCUT2D eigenvalue weighted by atomic mass is 10.2. The van der Waals surface area contributed by atoms with E-state index in [1.165, 1.54) is 11.1 Å². The molecule has 0 saturated heterocycles. The van der Waals surface area contributed by atoms with Gasteiger partial charge in [-0.3, -0.25) is 4.79 Å². The second kappa shape index (κ2) is 7.31. The minimum Gasteiger partial charge on any atom is -0.392 e. The standard InChI is InChI=1S/C13H20ClN3O2/c1-4-5-15-12-6-10(11(14)7-16-12)13(19)17(3)8-9(2)18/h6-7,9,18H,4-5,8H2,1-3H3,(H,15,16). The molecule has 1 atom stereocenters. The zero-order valence-corrected chi connectivity index (χ0v) is 12.2. The maximum Gasteiger partial charge on any atom is 0.255 e. The molecule has 0 radical (unpaired) electrons. The summed E-state index contributed by atoms with van der Waals surface area (Å²) in [6.45, 7) is 4.72. The summed E-state index contributed by atoms with van der Waals surface area (Å²) in [7, 11) is 1.63. The topological polar surface area (TPSA) is 65.5 Å². The normalized spacial score (nSPS) is 12.1. The number of carbonyl (C=O) groups is 1. The predicted octanol–water partition coefficient (Wildman–Crippen LogP) is 2.01. The number of aromatic nitrogens is 1. The van der Waals surface area contributed by atoms with Gasteiger partial charge in [-0.2, -0.15) is 0 Å². The van der Waals surface area contributed by atoms with Crippen LogP contribution < -0.4 is 5.32 Å². The molecule has 2 N–H and O–H groups in total. The molecule has 1 amide bonds. The molecule has 0 aliphatic carbocycles. The predicted molar refractivity (Wildman–Crippen MR) is 76.7 cm³/mol. The molecule has 1 rings (SSSR count). The number of aliphatic hydroxyl groups is 1. The van der Waals surface area contributed by atoms with E-state index in [-0.39, 0.29) is 12.5 Å². The summed E-state index contributed by atoms with van der Waals surface area (Å²) in [5.74, 6) is 0.396. The lowest BCUT2D eigenvalue weighted by Crippen LogP contribution is -2.33. The Hall–Kier alpha value is -1.33. The number of nitrogens with one attached hydrogen (secondary N) is 1. The summed E-state index contributed by atoms with van der Waals surface area (Å²) in [5, 5.41) is 12.7. The highest BCUT2D eigenvalue weighted by Crippen LogP contribution is 2.19. The van der Waals surface area contributed by atoms with Gasteiger partial charge in [-0.05, 0) is 19.4 Å². The van der Waals surface area contributed by atoms with Crippen LogP contribution in [0.1, 0.15) is 30.6 Å². The Labute approximate surface area is 118 Å². The van der Waals surface area contributed by atoms with Crippen LogP contribution in [0.25, 0.3) is 0 Å². The fraction of sp³-hybridized carbons (Fsp3) is 0.538. The molecule has 0 aliphatic heterocycles. The third kappa shape index (κ3) is 4.69. The quantitative estimate of drug-likeness (QED) is 0.839. The first kappa shape index (κ1) is 15.7. The Morgan fingerprint density at radius 2 is 2.32 bits per heavy atom. The molecule has 1 heterocycles. The third-order valence-electron chi connectivity index (χ3n) is 2.53. The maximum atomic E-state index is 12.2. The highest BCUT2D eigenvalue weighted by atomic mass is 35.5. The number of aliphatic hydroxyl groups excluding tert-OH is 1. The summed E-state index contributed by atoms with van der Waals surface area (Å²) in [6, 6.07) is 1.64. The highest BCUT2D eigenvalue weighted by Gasteiger charge is 2.17. The van der Waals surface area contributed by atoms with Crippen molar-refractivity contribution in [3.8, 4) is 0 Å². The number of anilines is 1. The van der Waals surface area contributed by atoms with Gasteiger partial charge in [-0.15, -0.1) is 0 Å². The number of rotatable bonds is 6. The molecular formula is C13H20ClN3O2. The van der Waals surface area contributed by atoms with Crippen molar-refractivity contribution in [2.24, 2.45) is 0 Å². The highest BCUT2D eigenvalue weighted by molar-refractivity contribution is 6.33. The van der Waals surface area contributed by atoms with Crippen LogP contribution in [0.4, 0.5) is 5.82 Å². The molecule has 106 valence electrons. The Balaban J connectivity index is 2.88. The first-order valence-corrected chi connectivity index (χ1v) is 6.66. The Morgan fingerprint density at radius 1 is 1.63 bits per heavy atom. The van der Waals surface area contributed by atoms with Crippen molar-refractivity contribution in [1.29, 1.82) is 0 Å². The van der Waals surface area contributed by atoms with Gasteiger partial charge in [0, 0.05) is 26.3 Å². The smallest absolute Gasteiger partial charge is 0.255 e. The summed E-state index contributed by atoms with van der Waals surface area (Å²) in [6.07, 6.45) is 1.85. The van der Waals surface area contributed by atoms with Crippen LogP contribution in [0.5, 0.6) is 0 Å². The zero-order chi connectivity index (χ0) is 14.4. The molecule has 1 unspecified atom stereocenters. The number of hydrogen-bond donors (Lipinski definition) is 2. The Bertz CT molecular complexity index is 438. The van der Waals surface area contributed by atoms with E-state index < -0.39 is 6.10 Å². The second-order valence-corrected chi connectivity index (χ2v) is 4.92. The lowest BCUT2D eigenvalue weighted by molar-refractivity contribution is 0.0704. The van der Waals surface area contributed by atoms with Crippen LogP contribution in [-0.4, -0.2) is 47.1 Å². The van der Waals surface area contributed by atoms with Crippen LogP contribution in [0.15, 0.2) is 12.3 Å². The van der Waals surface area contributed by atoms with Crippen molar-refractivity contribution in [2.75, 3.05) is 25.5 Å². The van der Waals surface area contributed by atoms with E-state index >= 15 is 0 Å². The number of hydrogen-bond acceptors (Lipinski definition) is 4. The van der Waals surface area contributed by atoms with Gasteiger partial charge in [0.25, 0.3) is 5.91 Å². The molecule has 5 nitrogen and oxygen atoms in total. The molecule has 1 aromatic heterocycles. The van der Waals surface area contributed by atoms with Crippen LogP contribution in [0, 0.1) is 0 Å². The third-order valence-corrected chi connectivity index (χ3v) is 2.83. The van der Waals surface area contributed by atoms with Crippen molar-refractivity contribution < 1.29 is 9.90 Å². The summed E-state index contributed by atoms with van der Waals surface area (Å²) in [4.78, 5) is 17.8. The van der Waals surface area contributed by atoms with Crippen molar-refractivity contribution in [2.45, 2.75) is 26.4 Å². The first-order valence-electron chi connectivity index (χ1n) is 6.28. The second-order valence-electron chi connectivity index (χ2n) is 4.51. The average molecular weight is 286 g/mol. The molecule has 19 heavy (non-hydrogen) atoms. The van der Waals surface area contributed by atoms with Gasteiger partial charge in [0.15, 0.2) is 0 Å². The SMILES string of the molecule is CCCNc1cc(C(=O)N(C)CC(C)O)c(Cl)cn1. The van der Waals surface area contributed by atoms with Crippen molar-refractivity contribution in [3.05, 3.63) is 22.8 Å². The number of likely N-dealkylation sites (N-methyl/N-ethyl adjacent to an activating group) is 1. The van der Waals surface area contributed by atoms with Gasteiger partial charge in [-0.25, -0.2) is 4.98 Å². The fourth-order valence-corrected chi connectivity index (χ4v) is 1.82. The van der Waals surface area contributed by atoms with E-state index in [9.17, 15) is 9.90 Å². The number of nitrogens with zero attached hydrogens (tertiary/aromatic N) is 2. The molecule has 0 bridgehead atoms. The Morgan fingerprint density at radius 3 is 2.89 bits per heavy atom. The van der Waals surface area contributed by atoms with Gasteiger partial charge >= 0.3 is 0 Å². The number of amides is 1. The monoisotopic (exact) mass is 285 g/mol. The minimum atomic E-state index is -0.577. The molecular weight excluding hydrogens is 266 g/mol. The van der Waals surface area contributed by atoms with Crippen molar-refractivity contribution in [1.82, 2.24) is 9.88 Å². The molecule has 6 heteroatoms. The van der Waals surface area contributed by atoms with Crippen molar-refractivity contribution in [3.63, 3.8) is 0 Å². The Kier molecular flexibility index (Phi) is 6.05. The van der Waals surface area contributed by atoms with Gasteiger partial charge < -0.3 is 15.3 Å². The fourth-order valence-electron chi connectivity index (χ4n) is 1.64. The minimum absolute atomic E-state index is 0.229. The van der Waals surface area contributed by atoms with Gasteiger partial charge in [0.05, 0.1) is 16.7 Å². The lowest BCUT2D eigenvalue weighted by Gasteiger charge is -2.19.